The molecular formula is C50H34N2S. The Morgan fingerprint density at radius 3 is 1.43 bits per heavy atom. The quantitative estimate of drug-likeness (QED) is 0.161. The zero-order chi connectivity index (χ0) is 35.1. The number of benzene rings is 8. The van der Waals surface area contributed by atoms with Crippen molar-refractivity contribution in [2.24, 2.45) is 0 Å². The number of rotatable bonds is 7. The molecule has 53 heavy (non-hydrogen) atoms. The molecule has 0 aliphatic rings. The monoisotopic (exact) mass is 694 g/mol. The van der Waals surface area contributed by atoms with Gasteiger partial charge in [-0.25, -0.2) is 0 Å². The van der Waals surface area contributed by atoms with Crippen molar-refractivity contribution in [3.8, 4) is 44.5 Å². The molecule has 0 atom stereocenters. The molecule has 0 radical (unpaired) electrons. The van der Waals surface area contributed by atoms with Gasteiger partial charge < -0.3 is 4.90 Å². The molecule has 0 aliphatic heterocycles. The molecule has 10 aromatic rings. The second-order valence-corrected chi connectivity index (χ2v) is 14.4. The minimum atomic E-state index is 1.12. The summed E-state index contributed by atoms with van der Waals surface area (Å²) in [5.41, 5.74) is 15.7. The van der Waals surface area contributed by atoms with Crippen molar-refractivity contribution >= 4 is 54.3 Å². The van der Waals surface area contributed by atoms with Gasteiger partial charge in [-0.05, 0) is 88.0 Å². The fourth-order valence-electron chi connectivity index (χ4n) is 7.68. The Labute approximate surface area is 313 Å². The van der Waals surface area contributed by atoms with E-state index < -0.39 is 0 Å². The van der Waals surface area contributed by atoms with Crippen LogP contribution in [0.5, 0.6) is 0 Å². The molecule has 0 saturated heterocycles. The van der Waals surface area contributed by atoms with E-state index in [0.29, 0.717) is 0 Å². The van der Waals surface area contributed by atoms with E-state index >= 15 is 0 Å². The van der Waals surface area contributed by atoms with Gasteiger partial charge in [0.15, 0.2) is 0 Å². The van der Waals surface area contributed by atoms with Gasteiger partial charge in [0.25, 0.3) is 0 Å². The Balaban J connectivity index is 1.07. The van der Waals surface area contributed by atoms with Crippen molar-refractivity contribution < 1.29 is 0 Å². The first kappa shape index (κ1) is 31.1. The Hall–Kier alpha value is -6.68. The number of nitrogens with zero attached hydrogens (tertiary/aromatic N) is 2. The van der Waals surface area contributed by atoms with Crippen LogP contribution in [0.15, 0.2) is 206 Å². The number of thiazole rings is 1. The summed E-state index contributed by atoms with van der Waals surface area (Å²) in [6, 6.07) is 74.3. The van der Waals surface area contributed by atoms with Gasteiger partial charge in [0.1, 0.15) is 4.83 Å². The van der Waals surface area contributed by atoms with Gasteiger partial charge in [0, 0.05) is 33.6 Å². The van der Waals surface area contributed by atoms with E-state index in [9.17, 15) is 0 Å². The summed E-state index contributed by atoms with van der Waals surface area (Å²) >= 11 is 1.89. The van der Waals surface area contributed by atoms with Crippen LogP contribution in [0.25, 0.3) is 70.5 Å². The molecule has 0 fully saturated rings. The second-order valence-electron chi connectivity index (χ2n) is 13.4. The van der Waals surface area contributed by atoms with E-state index in [1.54, 1.807) is 0 Å². The fraction of sp³-hybridized carbons (Fsp3) is 0. The highest BCUT2D eigenvalue weighted by Gasteiger charge is 2.21. The van der Waals surface area contributed by atoms with Gasteiger partial charge in [-0.1, -0.05) is 152 Å². The van der Waals surface area contributed by atoms with Gasteiger partial charge in [-0.15, -0.1) is 11.3 Å². The first-order valence-electron chi connectivity index (χ1n) is 18.0. The van der Waals surface area contributed by atoms with Crippen molar-refractivity contribution in [1.82, 2.24) is 4.40 Å². The first-order chi connectivity index (χ1) is 26.3. The largest absolute Gasteiger partial charge is 0.311 e. The van der Waals surface area contributed by atoms with E-state index in [2.05, 4.69) is 216 Å². The SMILES string of the molecule is c1ccc(-c2cc(-c3ccc(-c4ccc(N(c5ccccc5)c5ccccc5)cc4)cc3)cc3c2sc2c(-c4ccccc4)c4ccccc4n23)cc1. The van der Waals surface area contributed by atoms with Crippen LogP contribution < -0.4 is 4.90 Å². The summed E-state index contributed by atoms with van der Waals surface area (Å²) in [5, 5.41) is 1.28. The van der Waals surface area contributed by atoms with E-state index in [4.69, 9.17) is 0 Å². The summed E-state index contributed by atoms with van der Waals surface area (Å²) < 4.78 is 3.78. The minimum absolute atomic E-state index is 1.12. The molecule has 10 rings (SSSR count). The molecule has 0 bridgehead atoms. The summed E-state index contributed by atoms with van der Waals surface area (Å²) in [6.45, 7) is 0. The van der Waals surface area contributed by atoms with E-state index in [1.165, 1.54) is 70.5 Å². The lowest BCUT2D eigenvalue weighted by Gasteiger charge is -2.25. The molecule has 2 aromatic heterocycles. The highest BCUT2D eigenvalue weighted by atomic mass is 32.1. The van der Waals surface area contributed by atoms with Crippen LogP contribution in [-0.2, 0) is 0 Å². The zero-order valence-electron chi connectivity index (χ0n) is 28.9. The predicted molar refractivity (Wildman–Crippen MR) is 227 cm³/mol. The van der Waals surface area contributed by atoms with E-state index in [0.717, 1.165) is 17.1 Å². The maximum Gasteiger partial charge on any atom is 0.109 e. The molecule has 0 spiro atoms. The molecule has 0 unspecified atom stereocenters. The standard InChI is InChI=1S/C50H34N2S/c1-5-15-38(16-6-1)45-33-40(34-47-49(45)53-50-48(39-17-7-2-8-18-39)44-23-13-14-24-46(44)52(47)50)37-27-25-35(26-28-37)36-29-31-43(32-30-36)51(41-19-9-3-10-20-41)42-21-11-4-12-22-42/h1-34H. The number of aromatic nitrogens is 1. The minimum Gasteiger partial charge on any atom is -0.311 e. The molecule has 0 N–H and O–H groups in total. The van der Waals surface area contributed by atoms with Crippen LogP contribution in [0.1, 0.15) is 0 Å². The van der Waals surface area contributed by atoms with Crippen LogP contribution in [0.3, 0.4) is 0 Å². The Morgan fingerprint density at radius 1 is 0.358 bits per heavy atom. The first-order valence-corrected chi connectivity index (χ1v) is 18.8. The third kappa shape index (κ3) is 5.50. The molecule has 8 aromatic carbocycles. The van der Waals surface area contributed by atoms with E-state index in [-0.39, 0.29) is 0 Å². The highest BCUT2D eigenvalue weighted by molar-refractivity contribution is 7.25. The zero-order valence-corrected chi connectivity index (χ0v) is 29.7. The fourth-order valence-corrected chi connectivity index (χ4v) is 9.03. The molecule has 2 heterocycles. The summed E-state index contributed by atoms with van der Waals surface area (Å²) in [4.78, 5) is 3.57. The smallest absolute Gasteiger partial charge is 0.109 e. The molecule has 2 nitrogen and oxygen atoms in total. The number of anilines is 3. The highest BCUT2D eigenvalue weighted by Crippen LogP contribution is 2.46. The van der Waals surface area contributed by atoms with E-state index in [1.807, 2.05) is 11.3 Å². The number of fused-ring (bicyclic) bond motifs is 5. The van der Waals surface area contributed by atoms with Crippen molar-refractivity contribution in [3.05, 3.63) is 206 Å². The second kappa shape index (κ2) is 13.1. The summed E-state index contributed by atoms with van der Waals surface area (Å²) in [5.74, 6) is 0. The third-order valence-electron chi connectivity index (χ3n) is 10.2. The number of hydrogen-bond acceptors (Lipinski definition) is 2. The van der Waals surface area contributed by atoms with Gasteiger partial charge >= 0.3 is 0 Å². The van der Waals surface area contributed by atoms with Crippen LogP contribution in [0.4, 0.5) is 17.1 Å². The normalized spacial score (nSPS) is 11.4. The van der Waals surface area contributed by atoms with Crippen LogP contribution in [0, 0.1) is 0 Å². The lowest BCUT2D eigenvalue weighted by Crippen LogP contribution is -2.09. The van der Waals surface area contributed by atoms with Gasteiger partial charge in [-0.2, -0.15) is 0 Å². The van der Waals surface area contributed by atoms with Gasteiger partial charge in [0.05, 0.1) is 15.7 Å². The van der Waals surface area contributed by atoms with Crippen LogP contribution >= 0.6 is 11.3 Å². The summed E-state index contributed by atoms with van der Waals surface area (Å²) in [7, 11) is 0. The predicted octanol–water partition coefficient (Wildman–Crippen LogP) is 14.4. The van der Waals surface area contributed by atoms with Crippen molar-refractivity contribution in [1.29, 1.82) is 0 Å². The van der Waals surface area contributed by atoms with Gasteiger partial charge in [0.2, 0.25) is 0 Å². The lowest BCUT2D eigenvalue weighted by atomic mass is 9.96. The molecule has 0 amide bonds. The number of para-hydroxylation sites is 3. The van der Waals surface area contributed by atoms with Crippen LogP contribution in [-0.4, -0.2) is 4.40 Å². The molecule has 0 aliphatic carbocycles. The van der Waals surface area contributed by atoms with Crippen molar-refractivity contribution in [2.75, 3.05) is 4.90 Å². The molecular weight excluding hydrogens is 661 g/mol. The Bertz CT molecular complexity index is 2800. The lowest BCUT2D eigenvalue weighted by molar-refractivity contribution is 1.28. The molecule has 0 saturated carbocycles. The Morgan fingerprint density at radius 2 is 0.830 bits per heavy atom. The average Bonchev–Trinajstić information content (AvgIpc) is 3.77. The van der Waals surface area contributed by atoms with Crippen molar-refractivity contribution in [2.45, 2.75) is 0 Å². The Kier molecular flexibility index (Phi) is 7.71. The van der Waals surface area contributed by atoms with Crippen molar-refractivity contribution in [3.63, 3.8) is 0 Å². The summed E-state index contributed by atoms with van der Waals surface area (Å²) in [6.07, 6.45) is 0. The number of hydrogen-bond donors (Lipinski definition) is 0. The average molecular weight is 695 g/mol. The topological polar surface area (TPSA) is 7.65 Å². The third-order valence-corrected chi connectivity index (χ3v) is 11.4. The maximum atomic E-state index is 2.48. The van der Waals surface area contributed by atoms with Crippen LogP contribution in [0.2, 0.25) is 0 Å². The van der Waals surface area contributed by atoms with Gasteiger partial charge in [-0.3, -0.25) is 4.40 Å². The maximum absolute atomic E-state index is 2.48. The molecule has 3 heteroatoms. The molecule has 250 valence electrons.